The van der Waals surface area contributed by atoms with E-state index in [4.69, 9.17) is 4.74 Å². The number of hydrogen-bond acceptors (Lipinski definition) is 3. The molecule has 0 aliphatic rings. The molecule has 0 aromatic heterocycles. The van der Waals surface area contributed by atoms with Crippen molar-refractivity contribution in [2.45, 2.75) is 0 Å². The number of methoxy groups -OCH3 is 1. The van der Waals surface area contributed by atoms with Crippen LogP contribution in [0.5, 0.6) is 5.75 Å². The van der Waals surface area contributed by atoms with Gasteiger partial charge in [0.05, 0.1) is 7.11 Å². The van der Waals surface area contributed by atoms with Crippen molar-refractivity contribution in [2.24, 2.45) is 0 Å². The molecule has 0 aliphatic heterocycles. The Balaban J connectivity index is 2.46. The lowest BCUT2D eigenvalue weighted by molar-refractivity contribution is 0.103. The number of ketones is 1. The number of nitrogens with one attached hydrogen (secondary N) is 1. The normalized spacial score (nSPS) is 9.89. The summed E-state index contributed by atoms with van der Waals surface area (Å²) in [6.07, 6.45) is 0. The van der Waals surface area contributed by atoms with Crippen LogP contribution in [0.2, 0.25) is 0 Å². The van der Waals surface area contributed by atoms with Gasteiger partial charge in [-0.3, -0.25) is 4.79 Å². The zero-order valence-corrected chi connectivity index (χ0v) is 10.4. The molecular formula is C15H15NO2. The highest BCUT2D eigenvalue weighted by Crippen LogP contribution is 2.24. The quantitative estimate of drug-likeness (QED) is 0.836. The summed E-state index contributed by atoms with van der Waals surface area (Å²) in [5, 5.41) is 3.02. The fraction of sp³-hybridized carbons (Fsp3) is 0.133. The van der Waals surface area contributed by atoms with E-state index in [1.807, 2.05) is 30.3 Å². The molecule has 3 heteroatoms. The molecule has 0 atom stereocenters. The van der Waals surface area contributed by atoms with E-state index in [-0.39, 0.29) is 5.78 Å². The zero-order valence-electron chi connectivity index (χ0n) is 10.4. The van der Waals surface area contributed by atoms with Crippen molar-refractivity contribution in [3.05, 3.63) is 59.7 Å². The molecule has 92 valence electrons. The van der Waals surface area contributed by atoms with Gasteiger partial charge in [-0.05, 0) is 18.2 Å². The van der Waals surface area contributed by atoms with Crippen LogP contribution in [0.15, 0.2) is 48.5 Å². The summed E-state index contributed by atoms with van der Waals surface area (Å²) in [6.45, 7) is 0. The zero-order chi connectivity index (χ0) is 13.0. The molecule has 0 unspecified atom stereocenters. The van der Waals surface area contributed by atoms with Gasteiger partial charge >= 0.3 is 0 Å². The first kappa shape index (κ1) is 12.2. The Morgan fingerprint density at radius 1 is 1.11 bits per heavy atom. The molecule has 0 saturated carbocycles. The number of carbonyl (C=O) groups is 1. The largest absolute Gasteiger partial charge is 0.497 e. The average molecular weight is 241 g/mol. The van der Waals surface area contributed by atoms with Gasteiger partial charge in [0, 0.05) is 23.9 Å². The minimum absolute atomic E-state index is 0.0150. The van der Waals surface area contributed by atoms with Gasteiger partial charge in [-0.25, -0.2) is 0 Å². The smallest absolute Gasteiger partial charge is 0.195 e. The van der Waals surface area contributed by atoms with Crippen LogP contribution in [0.25, 0.3) is 0 Å². The van der Waals surface area contributed by atoms with Gasteiger partial charge in [0.2, 0.25) is 0 Å². The molecule has 0 saturated heterocycles. The molecule has 1 N–H and O–H groups in total. The Kier molecular flexibility index (Phi) is 3.63. The molecule has 0 fully saturated rings. The maximum atomic E-state index is 12.4. The van der Waals surface area contributed by atoms with E-state index in [1.54, 1.807) is 32.4 Å². The molecule has 2 aromatic rings. The Bertz CT molecular complexity index is 550. The Hall–Kier alpha value is -2.29. The molecule has 0 spiro atoms. The average Bonchev–Trinajstić information content (AvgIpc) is 2.46. The molecule has 3 nitrogen and oxygen atoms in total. The van der Waals surface area contributed by atoms with Crippen LogP contribution in [-0.2, 0) is 0 Å². The third-order valence-corrected chi connectivity index (χ3v) is 2.78. The summed E-state index contributed by atoms with van der Waals surface area (Å²) < 4.78 is 5.16. The van der Waals surface area contributed by atoms with Crippen molar-refractivity contribution in [3.8, 4) is 5.75 Å². The van der Waals surface area contributed by atoms with Crippen molar-refractivity contribution < 1.29 is 9.53 Å². The van der Waals surface area contributed by atoms with E-state index < -0.39 is 0 Å². The van der Waals surface area contributed by atoms with E-state index in [1.165, 1.54) is 0 Å². The number of ether oxygens (including phenoxy) is 1. The summed E-state index contributed by atoms with van der Waals surface area (Å²) in [5.74, 6) is 0.659. The number of carbonyl (C=O) groups excluding carboxylic acids is 1. The predicted octanol–water partition coefficient (Wildman–Crippen LogP) is 2.97. The van der Waals surface area contributed by atoms with Crippen molar-refractivity contribution >= 4 is 11.5 Å². The first-order valence-corrected chi connectivity index (χ1v) is 5.72. The van der Waals surface area contributed by atoms with E-state index >= 15 is 0 Å². The van der Waals surface area contributed by atoms with E-state index in [0.29, 0.717) is 16.9 Å². The fourth-order valence-corrected chi connectivity index (χ4v) is 1.80. The van der Waals surface area contributed by atoms with E-state index in [0.717, 1.165) is 5.69 Å². The second kappa shape index (κ2) is 5.36. The standard InChI is InChI=1S/C15H15NO2/c1-16-14-9-8-12(18-2)10-13(14)15(17)11-6-4-3-5-7-11/h3-10,16H,1-2H3. The number of anilines is 1. The second-order valence-corrected chi connectivity index (χ2v) is 3.86. The van der Waals surface area contributed by atoms with Gasteiger partial charge in [0.25, 0.3) is 0 Å². The van der Waals surface area contributed by atoms with Crippen LogP contribution in [-0.4, -0.2) is 19.9 Å². The van der Waals surface area contributed by atoms with Crippen LogP contribution in [0, 0.1) is 0 Å². The van der Waals surface area contributed by atoms with Gasteiger partial charge in [-0.15, -0.1) is 0 Å². The summed E-state index contributed by atoms with van der Waals surface area (Å²) in [7, 11) is 3.38. The summed E-state index contributed by atoms with van der Waals surface area (Å²) in [6, 6.07) is 14.6. The summed E-state index contributed by atoms with van der Waals surface area (Å²) in [5.41, 5.74) is 2.08. The van der Waals surface area contributed by atoms with Gasteiger partial charge < -0.3 is 10.1 Å². The Morgan fingerprint density at radius 3 is 2.44 bits per heavy atom. The van der Waals surface area contributed by atoms with Crippen LogP contribution < -0.4 is 10.1 Å². The van der Waals surface area contributed by atoms with Gasteiger partial charge in [-0.2, -0.15) is 0 Å². The highest BCUT2D eigenvalue weighted by Gasteiger charge is 2.13. The van der Waals surface area contributed by atoms with Crippen molar-refractivity contribution in [2.75, 3.05) is 19.5 Å². The third-order valence-electron chi connectivity index (χ3n) is 2.78. The monoisotopic (exact) mass is 241 g/mol. The lowest BCUT2D eigenvalue weighted by atomic mass is 10.0. The minimum Gasteiger partial charge on any atom is -0.497 e. The number of rotatable bonds is 4. The molecule has 0 heterocycles. The highest BCUT2D eigenvalue weighted by molar-refractivity contribution is 6.12. The molecule has 0 amide bonds. The summed E-state index contributed by atoms with van der Waals surface area (Å²) >= 11 is 0. The topological polar surface area (TPSA) is 38.3 Å². The maximum Gasteiger partial charge on any atom is 0.195 e. The summed E-state index contributed by atoms with van der Waals surface area (Å²) in [4.78, 5) is 12.4. The van der Waals surface area contributed by atoms with Crippen LogP contribution in [0.1, 0.15) is 15.9 Å². The third kappa shape index (κ3) is 2.35. The molecule has 2 aromatic carbocycles. The Morgan fingerprint density at radius 2 is 1.83 bits per heavy atom. The fourth-order valence-electron chi connectivity index (χ4n) is 1.80. The second-order valence-electron chi connectivity index (χ2n) is 3.86. The molecular weight excluding hydrogens is 226 g/mol. The lowest BCUT2D eigenvalue weighted by Gasteiger charge is -2.10. The molecule has 2 rings (SSSR count). The predicted molar refractivity (Wildman–Crippen MR) is 72.4 cm³/mol. The van der Waals surface area contributed by atoms with Gasteiger partial charge in [0.15, 0.2) is 5.78 Å². The highest BCUT2D eigenvalue weighted by atomic mass is 16.5. The van der Waals surface area contributed by atoms with Crippen LogP contribution in [0.3, 0.4) is 0 Å². The van der Waals surface area contributed by atoms with Crippen LogP contribution in [0.4, 0.5) is 5.69 Å². The van der Waals surface area contributed by atoms with Gasteiger partial charge in [0.1, 0.15) is 5.75 Å². The SMILES string of the molecule is CNc1ccc(OC)cc1C(=O)c1ccccc1. The first-order chi connectivity index (χ1) is 8.76. The van der Waals surface area contributed by atoms with Crippen molar-refractivity contribution in [1.29, 1.82) is 0 Å². The Labute approximate surface area is 106 Å². The van der Waals surface area contributed by atoms with E-state index in [9.17, 15) is 4.79 Å². The van der Waals surface area contributed by atoms with Crippen molar-refractivity contribution in [1.82, 2.24) is 0 Å². The number of benzene rings is 2. The van der Waals surface area contributed by atoms with Crippen molar-refractivity contribution in [3.63, 3.8) is 0 Å². The minimum atomic E-state index is -0.0150. The molecule has 18 heavy (non-hydrogen) atoms. The lowest BCUT2D eigenvalue weighted by Crippen LogP contribution is -2.05. The first-order valence-electron chi connectivity index (χ1n) is 5.72. The molecule has 0 aliphatic carbocycles. The number of hydrogen-bond donors (Lipinski definition) is 1. The van der Waals surface area contributed by atoms with E-state index in [2.05, 4.69) is 5.32 Å². The maximum absolute atomic E-state index is 12.4. The van der Waals surface area contributed by atoms with Gasteiger partial charge in [-0.1, -0.05) is 30.3 Å². The molecule has 0 bridgehead atoms. The van der Waals surface area contributed by atoms with Crippen LogP contribution >= 0.6 is 0 Å². The molecule has 0 radical (unpaired) electrons.